The summed E-state index contributed by atoms with van der Waals surface area (Å²) in [5.41, 5.74) is 2.92. The Hall–Kier alpha value is -2.63. The van der Waals surface area contributed by atoms with Crippen LogP contribution in [0.4, 0.5) is 11.8 Å². The number of hydrogen-bond acceptors (Lipinski definition) is 5. The van der Waals surface area contributed by atoms with Crippen LogP contribution in [0, 0.1) is 23.2 Å². The molecule has 3 saturated carbocycles. The van der Waals surface area contributed by atoms with Crippen molar-refractivity contribution >= 4 is 29.6 Å². The van der Waals surface area contributed by atoms with E-state index in [0.29, 0.717) is 34.8 Å². The molecule has 1 aliphatic heterocycles. The molecule has 3 heterocycles. The van der Waals surface area contributed by atoms with Crippen molar-refractivity contribution in [1.29, 1.82) is 0 Å². The molecule has 0 spiro atoms. The average molecular weight is 363 g/mol. The van der Waals surface area contributed by atoms with Gasteiger partial charge in [0, 0.05) is 29.6 Å². The number of hydrogen-bond donors (Lipinski definition) is 3. The first kappa shape index (κ1) is 16.5. The minimum Gasteiger partial charge on any atom is -0.492 e. The van der Waals surface area contributed by atoms with Gasteiger partial charge in [-0.25, -0.2) is 9.98 Å². The van der Waals surface area contributed by atoms with Crippen molar-refractivity contribution in [2.24, 2.45) is 28.2 Å². The predicted octanol–water partition coefficient (Wildman–Crippen LogP) is 4.25. The lowest BCUT2D eigenvalue weighted by molar-refractivity contribution is -0.105. The van der Waals surface area contributed by atoms with Crippen LogP contribution in [0.1, 0.15) is 44.9 Å². The maximum absolute atomic E-state index is 10.3. The van der Waals surface area contributed by atoms with Gasteiger partial charge in [-0.15, -0.1) is 0 Å². The molecular formula is C21H25N5O. The van der Waals surface area contributed by atoms with Crippen molar-refractivity contribution in [3.8, 4) is 5.88 Å². The largest absolute Gasteiger partial charge is 0.492 e. The van der Waals surface area contributed by atoms with E-state index in [-0.39, 0.29) is 5.88 Å². The molecule has 6 nitrogen and oxygen atoms in total. The fourth-order valence-corrected chi connectivity index (χ4v) is 5.26. The fraction of sp³-hybridized carbons (Fsp3) is 0.476. The van der Waals surface area contributed by atoms with Crippen LogP contribution < -0.4 is 5.32 Å². The van der Waals surface area contributed by atoms with Crippen LogP contribution in [-0.2, 0) is 0 Å². The van der Waals surface area contributed by atoms with Crippen molar-refractivity contribution in [3.63, 3.8) is 0 Å². The average Bonchev–Trinajstić information content (AvgIpc) is 3.20. The number of aliphatic imine (C=N–C) groups is 1. The summed E-state index contributed by atoms with van der Waals surface area (Å²) in [6.07, 6.45) is 7.87. The number of rotatable bonds is 3. The monoisotopic (exact) mass is 363 g/mol. The molecule has 3 fully saturated rings. The van der Waals surface area contributed by atoms with Crippen molar-refractivity contribution in [2.75, 3.05) is 5.32 Å². The Labute approximate surface area is 158 Å². The molecule has 0 radical (unpaired) electrons. The van der Waals surface area contributed by atoms with E-state index in [2.05, 4.69) is 46.0 Å². The highest BCUT2D eigenvalue weighted by Crippen LogP contribution is 2.61. The van der Waals surface area contributed by atoms with Gasteiger partial charge in [0.1, 0.15) is 5.69 Å². The minimum absolute atomic E-state index is 0.00434. The molecule has 0 amide bonds. The van der Waals surface area contributed by atoms with Crippen LogP contribution in [0.3, 0.4) is 0 Å². The zero-order valence-corrected chi connectivity index (χ0v) is 15.9. The van der Waals surface area contributed by atoms with Crippen molar-refractivity contribution in [2.45, 2.75) is 39.7 Å². The number of aromatic hydroxyl groups is 1. The maximum atomic E-state index is 10.3. The third-order valence-electron chi connectivity index (χ3n) is 7.11. The third-order valence-corrected chi connectivity index (χ3v) is 7.11. The second-order valence-corrected chi connectivity index (χ2v) is 8.76. The number of aromatic nitrogens is 3. The van der Waals surface area contributed by atoms with Crippen LogP contribution in [0.2, 0.25) is 0 Å². The van der Waals surface area contributed by atoms with E-state index < -0.39 is 0 Å². The number of nitrogens with zero attached hydrogens (tertiary/aromatic N) is 3. The van der Waals surface area contributed by atoms with Crippen LogP contribution in [-0.4, -0.2) is 32.3 Å². The Morgan fingerprint density at radius 3 is 2.96 bits per heavy atom. The maximum Gasteiger partial charge on any atom is 0.238 e. The highest BCUT2D eigenvalue weighted by Gasteiger charge is 2.56. The Balaban J connectivity index is 1.36. The summed E-state index contributed by atoms with van der Waals surface area (Å²) < 4.78 is 0. The molecule has 4 atom stereocenters. The second kappa shape index (κ2) is 5.68. The van der Waals surface area contributed by atoms with E-state index in [4.69, 9.17) is 0 Å². The molecule has 1 unspecified atom stereocenters. The first-order chi connectivity index (χ1) is 12.9. The zero-order chi connectivity index (χ0) is 18.8. The van der Waals surface area contributed by atoms with E-state index in [1.54, 1.807) is 12.4 Å². The number of nitrogens with one attached hydrogen (secondary N) is 2. The van der Waals surface area contributed by atoms with Crippen LogP contribution >= 0.6 is 0 Å². The normalized spacial score (nSPS) is 31.6. The van der Waals surface area contributed by atoms with E-state index in [9.17, 15) is 5.11 Å². The van der Waals surface area contributed by atoms with Gasteiger partial charge in [0.05, 0.1) is 0 Å². The molecule has 2 aromatic rings. The molecule has 140 valence electrons. The van der Waals surface area contributed by atoms with E-state index in [1.165, 1.54) is 6.42 Å². The summed E-state index contributed by atoms with van der Waals surface area (Å²) in [5.74, 6) is 3.48. The zero-order valence-electron chi connectivity index (χ0n) is 15.9. The molecule has 4 aliphatic rings. The quantitative estimate of drug-likeness (QED) is 0.761. The second-order valence-electron chi connectivity index (χ2n) is 8.76. The molecule has 2 bridgehead atoms. The molecule has 2 aromatic heterocycles. The molecule has 6 rings (SSSR count). The van der Waals surface area contributed by atoms with Crippen molar-refractivity contribution in [3.05, 3.63) is 29.6 Å². The van der Waals surface area contributed by atoms with Crippen molar-refractivity contribution in [1.82, 2.24) is 15.0 Å². The summed E-state index contributed by atoms with van der Waals surface area (Å²) in [6, 6.07) is 4.26. The van der Waals surface area contributed by atoms with Gasteiger partial charge in [0.25, 0.3) is 0 Å². The topological polar surface area (TPSA) is 86.2 Å². The highest BCUT2D eigenvalue weighted by atomic mass is 16.3. The predicted molar refractivity (Wildman–Crippen MR) is 107 cm³/mol. The molecular weight excluding hydrogens is 338 g/mol. The standard InChI is InChI=1S/C21H25N5O/c1-11-15-8-13(21(15,2)3)9-16(11)24-20-25-17(19(27)26-20)7-12-10-23-18-14(12)5-4-6-22-18/h4-7,10-11,13,15-16,27H,8-9H2,1-3H3,(H2,24,25,26)/t11-,13?,15-,16-/m1/s1. The van der Waals surface area contributed by atoms with Gasteiger partial charge in [0.2, 0.25) is 11.8 Å². The molecule has 3 aliphatic carbocycles. The highest BCUT2D eigenvalue weighted by molar-refractivity contribution is 6.20. The number of pyridine rings is 1. The third kappa shape index (κ3) is 2.50. The van der Waals surface area contributed by atoms with Gasteiger partial charge in [-0.1, -0.05) is 20.8 Å². The van der Waals surface area contributed by atoms with E-state index in [0.717, 1.165) is 29.4 Å². The molecule has 0 aromatic carbocycles. The number of aromatic amines is 1. The van der Waals surface area contributed by atoms with Crippen LogP contribution in [0.5, 0.6) is 5.88 Å². The number of imidazole rings is 1. The van der Waals surface area contributed by atoms with E-state index in [1.807, 2.05) is 18.2 Å². The van der Waals surface area contributed by atoms with Gasteiger partial charge >= 0.3 is 0 Å². The van der Waals surface area contributed by atoms with Crippen molar-refractivity contribution < 1.29 is 5.11 Å². The molecule has 27 heavy (non-hydrogen) atoms. The Morgan fingerprint density at radius 2 is 2.19 bits per heavy atom. The van der Waals surface area contributed by atoms with Gasteiger partial charge in [-0.3, -0.25) is 0 Å². The number of allylic oxidation sites excluding steroid dienone is 1. The van der Waals surface area contributed by atoms with Gasteiger partial charge < -0.3 is 15.4 Å². The summed E-state index contributed by atoms with van der Waals surface area (Å²) in [4.78, 5) is 16.1. The molecule has 0 saturated heterocycles. The summed E-state index contributed by atoms with van der Waals surface area (Å²) in [5, 5.41) is 13.8. The first-order valence-corrected chi connectivity index (χ1v) is 9.70. The number of H-pyrrole nitrogens is 1. The minimum atomic E-state index is 0.00434. The number of fused-ring (bicyclic) bond motifs is 3. The number of anilines is 1. The smallest absolute Gasteiger partial charge is 0.238 e. The summed E-state index contributed by atoms with van der Waals surface area (Å²) >= 11 is 0. The van der Waals surface area contributed by atoms with Gasteiger partial charge in [-0.2, -0.15) is 4.98 Å². The lowest BCUT2D eigenvalue weighted by Crippen LogP contribution is -2.58. The van der Waals surface area contributed by atoms with Gasteiger partial charge in [0.15, 0.2) is 5.82 Å². The fourth-order valence-electron chi connectivity index (χ4n) is 5.26. The van der Waals surface area contributed by atoms with Gasteiger partial charge in [-0.05, 0) is 54.2 Å². The Kier molecular flexibility index (Phi) is 3.48. The first-order valence-electron chi connectivity index (χ1n) is 9.70. The van der Waals surface area contributed by atoms with E-state index >= 15 is 0 Å². The lowest BCUT2D eigenvalue weighted by Gasteiger charge is -2.62. The molecule has 6 heteroatoms. The molecule has 3 N–H and O–H groups in total. The lowest BCUT2D eigenvalue weighted by atomic mass is 9.45. The van der Waals surface area contributed by atoms with Crippen LogP contribution in [0.25, 0.3) is 11.6 Å². The van der Waals surface area contributed by atoms with Crippen LogP contribution in [0.15, 0.2) is 23.3 Å². The summed E-state index contributed by atoms with van der Waals surface area (Å²) in [6.45, 7) is 7.14. The Bertz CT molecular complexity index is 957. The SMILES string of the molecule is C[C@@H]1[C@H]2CC(C[C@H]1Nc1nc(O)c(C=C3C=Nc4ncccc43)[nH]1)C2(C)C. The Morgan fingerprint density at radius 1 is 1.33 bits per heavy atom. The summed E-state index contributed by atoms with van der Waals surface area (Å²) in [7, 11) is 0.